The van der Waals surface area contributed by atoms with Gasteiger partial charge in [0.25, 0.3) is 0 Å². The number of hydrogen-bond donors (Lipinski definition) is 0. The predicted molar refractivity (Wildman–Crippen MR) is 81.7 cm³/mol. The van der Waals surface area contributed by atoms with Crippen LogP contribution in [0.25, 0.3) is 16.9 Å². The second-order valence-corrected chi connectivity index (χ2v) is 5.02. The Kier molecular flexibility index (Phi) is 3.36. The van der Waals surface area contributed by atoms with Crippen LogP contribution in [0.3, 0.4) is 0 Å². The first kappa shape index (κ1) is 13.2. The van der Waals surface area contributed by atoms with Crippen LogP contribution >= 0.6 is 0 Å². The van der Waals surface area contributed by atoms with Crippen molar-refractivity contribution < 1.29 is 4.79 Å². The highest BCUT2D eigenvalue weighted by atomic mass is 16.1. The van der Waals surface area contributed by atoms with Gasteiger partial charge in [-0.3, -0.25) is 9.78 Å². The summed E-state index contributed by atoms with van der Waals surface area (Å²) in [4.78, 5) is 15.4. The third-order valence-electron chi connectivity index (χ3n) is 3.44. The molecule has 0 saturated heterocycles. The molecule has 0 amide bonds. The Morgan fingerprint density at radius 2 is 1.86 bits per heavy atom. The van der Waals surface area contributed by atoms with Gasteiger partial charge in [-0.15, -0.1) is 0 Å². The average molecular weight is 277 g/mol. The van der Waals surface area contributed by atoms with Crippen molar-refractivity contribution in [1.29, 1.82) is 0 Å². The summed E-state index contributed by atoms with van der Waals surface area (Å²) in [5.41, 5.74) is 5.41. The third-order valence-corrected chi connectivity index (χ3v) is 3.44. The number of rotatable bonds is 3. The molecule has 0 radical (unpaired) electrons. The first-order valence-electron chi connectivity index (χ1n) is 6.72. The topological polar surface area (TPSA) is 47.8 Å². The Balaban J connectivity index is 2.17. The van der Waals surface area contributed by atoms with Crippen molar-refractivity contribution in [3.05, 3.63) is 65.6 Å². The lowest BCUT2D eigenvalue weighted by atomic mass is 10.0. The monoisotopic (exact) mass is 277 g/mol. The first-order valence-corrected chi connectivity index (χ1v) is 6.72. The van der Waals surface area contributed by atoms with Gasteiger partial charge >= 0.3 is 0 Å². The van der Waals surface area contributed by atoms with Crippen molar-refractivity contribution in [1.82, 2.24) is 14.8 Å². The van der Waals surface area contributed by atoms with Gasteiger partial charge in [-0.25, -0.2) is 4.68 Å². The van der Waals surface area contributed by atoms with Gasteiger partial charge in [0.1, 0.15) is 5.69 Å². The van der Waals surface area contributed by atoms with Crippen LogP contribution in [0, 0.1) is 13.8 Å². The minimum atomic E-state index is 0.584. The Bertz CT molecular complexity index is 791. The van der Waals surface area contributed by atoms with Crippen LogP contribution in [0.5, 0.6) is 0 Å². The number of pyridine rings is 1. The number of aromatic nitrogens is 3. The van der Waals surface area contributed by atoms with Crippen LogP contribution < -0.4 is 0 Å². The summed E-state index contributed by atoms with van der Waals surface area (Å²) in [6.45, 7) is 4.05. The molecule has 0 aliphatic heterocycles. The van der Waals surface area contributed by atoms with Crippen LogP contribution in [0.2, 0.25) is 0 Å². The molecule has 0 unspecified atom stereocenters. The molecular formula is C17H15N3O. The summed E-state index contributed by atoms with van der Waals surface area (Å²) < 4.78 is 1.71. The molecule has 3 aromatic rings. The van der Waals surface area contributed by atoms with E-state index in [2.05, 4.69) is 22.2 Å². The molecular weight excluding hydrogens is 262 g/mol. The van der Waals surface area contributed by atoms with E-state index in [9.17, 15) is 4.79 Å². The predicted octanol–water partition coefficient (Wildman–Crippen LogP) is 3.36. The molecule has 0 bridgehead atoms. The van der Waals surface area contributed by atoms with E-state index in [0.29, 0.717) is 11.3 Å². The molecule has 0 aliphatic carbocycles. The Hall–Kier alpha value is -2.75. The Labute approximate surface area is 123 Å². The number of hydrogen-bond acceptors (Lipinski definition) is 3. The number of aldehydes is 1. The second-order valence-electron chi connectivity index (χ2n) is 5.02. The van der Waals surface area contributed by atoms with Crippen molar-refractivity contribution in [3.63, 3.8) is 0 Å². The van der Waals surface area contributed by atoms with E-state index in [1.54, 1.807) is 23.3 Å². The largest absolute Gasteiger partial charge is 0.298 e. The minimum Gasteiger partial charge on any atom is -0.298 e. The highest BCUT2D eigenvalue weighted by Gasteiger charge is 2.13. The van der Waals surface area contributed by atoms with Crippen LogP contribution in [-0.4, -0.2) is 21.1 Å². The zero-order valence-electron chi connectivity index (χ0n) is 11.9. The molecule has 0 aliphatic rings. The van der Waals surface area contributed by atoms with E-state index >= 15 is 0 Å². The second kappa shape index (κ2) is 5.32. The van der Waals surface area contributed by atoms with Gasteiger partial charge in [0.2, 0.25) is 0 Å². The molecule has 21 heavy (non-hydrogen) atoms. The highest BCUT2D eigenvalue weighted by molar-refractivity contribution is 5.86. The zero-order chi connectivity index (χ0) is 14.8. The summed E-state index contributed by atoms with van der Waals surface area (Å²) in [6, 6.07) is 9.87. The van der Waals surface area contributed by atoms with Gasteiger partial charge in [-0.1, -0.05) is 17.7 Å². The van der Waals surface area contributed by atoms with Crippen molar-refractivity contribution in [2.75, 3.05) is 0 Å². The van der Waals surface area contributed by atoms with Crippen LogP contribution in [0.1, 0.15) is 21.5 Å². The first-order chi connectivity index (χ1) is 10.2. The maximum Gasteiger partial charge on any atom is 0.153 e. The standard InChI is InChI=1S/C17H15N3O/c1-12-3-4-13(2)16(9-12)17-14(11-21)10-20(19-17)15-5-7-18-8-6-15/h3-11H,1-2H3. The number of aryl methyl sites for hydroxylation is 2. The zero-order valence-corrected chi connectivity index (χ0v) is 11.9. The van der Waals surface area contributed by atoms with E-state index in [1.165, 1.54) is 0 Å². The summed E-state index contributed by atoms with van der Waals surface area (Å²) in [5, 5.41) is 4.58. The molecule has 2 heterocycles. The Morgan fingerprint density at radius 1 is 1.10 bits per heavy atom. The van der Waals surface area contributed by atoms with Gasteiger partial charge in [0.05, 0.1) is 11.3 Å². The van der Waals surface area contributed by atoms with Crippen LogP contribution in [-0.2, 0) is 0 Å². The number of carbonyl (C=O) groups is 1. The van der Waals surface area contributed by atoms with Crippen molar-refractivity contribution in [2.24, 2.45) is 0 Å². The van der Waals surface area contributed by atoms with Crippen molar-refractivity contribution in [2.45, 2.75) is 13.8 Å². The molecule has 0 N–H and O–H groups in total. The van der Waals surface area contributed by atoms with Crippen LogP contribution in [0.15, 0.2) is 48.9 Å². The molecule has 0 spiro atoms. The molecule has 0 atom stereocenters. The van der Waals surface area contributed by atoms with E-state index in [0.717, 1.165) is 28.7 Å². The van der Waals surface area contributed by atoms with E-state index in [1.807, 2.05) is 32.0 Å². The quantitative estimate of drug-likeness (QED) is 0.690. The molecule has 104 valence electrons. The highest BCUT2D eigenvalue weighted by Crippen LogP contribution is 2.26. The average Bonchev–Trinajstić information content (AvgIpc) is 2.94. The smallest absolute Gasteiger partial charge is 0.153 e. The van der Waals surface area contributed by atoms with Gasteiger partial charge in [0.15, 0.2) is 6.29 Å². The lowest BCUT2D eigenvalue weighted by Crippen LogP contribution is -1.95. The summed E-state index contributed by atoms with van der Waals surface area (Å²) >= 11 is 0. The molecule has 0 saturated carbocycles. The lowest BCUT2D eigenvalue weighted by Gasteiger charge is -2.05. The lowest BCUT2D eigenvalue weighted by molar-refractivity contribution is 0.112. The number of benzene rings is 1. The summed E-state index contributed by atoms with van der Waals surface area (Å²) in [5.74, 6) is 0. The maximum absolute atomic E-state index is 11.4. The number of carbonyl (C=O) groups excluding carboxylic acids is 1. The van der Waals surface area contributed by atoms with E-state index in [-0.39, 0.29) is 0 Å². The van der Waals surface area contributed by atoms with Gasteiger partial charge in [0, 0.05) is 24.2 Å². The molecule has 4 nitrogen and oxygen atoms in total. The van der Waals surface area contributed by atoms with Crippen molar-refractivity contribution >= 4 is 6.29 Å². The molecule has 1 aromatic carbocycles. The SMILES string of the molecule is Cc1ccc(C)c(-c2nn(-c3ccncc3)cc2C=O)c1. The maximum atomic E-state index is 11.4. The van der Waals surface area contributed by atoms with Gasteiger partial charge in [-0.2, -0.15) is 5.10 Å². The van der Waals surface area contributed by atoms with Gasteiger partial charge < -0.3 is 0 Å². The number of nitrogens with zero attached hydrogens (tertiary/aromatic N) is 3. The summed E-state index contributed by atoms with van der Waals surface area (Å²) in [7, 11) is 0. The summed E-state index contributed by atoms with van der Waals surface area (Å²) in [6.07, 6.45) is 6.01. The Morgan fingerprint density at radius 3 is 2.57 bits per heavy atom. The van der Waals surface area contributed by atoms with E-state index in [4.69, 9.17) is 0 Å². The normalized spacial score (nSPS) is 10.6. The third kappa shape index (κ3) is 2.48. The fourth-order valence-electron chi connectivity index (χ4n) is 2.30. The molecule has 3 rings (SSSR count). The molecule has 4 heteroatoms. The molecule has 0 fully saturated rings. The van der Waals surface area contributed by atoms with E-state index < -0.39 is 0 Å². The minimum absolute atomic E-state index is 0.584. The van der Waals surface area contributed by atoms with Crippen molar-refractivity contribution in [3.8, 4) is 16.9 Å². The van der Waals surface area contributed by atoms with Gasteiger partial charge in [-0.05, 0) is 37.6 Å². The molecule has 2 aromatic heterocycles. The van der Waals surface area contributed by atoms with Crippen LogP contribution in [0.4, 0.5) is 0 Å². The fraction of sp³-hybridized carbons (Fsp3) is 0.118. The fourth-order valence-corrected chi connectivity index (χ4v) is 2.30.